The molecule has 3 heterocycles. The molecular formula is C40H39ClFN3O6. The minimum absolute atomic E-state index is 0.107. The number of carbonyl (C=O) groups is 4. The molecule has 0 spiro atoms. The normalized spacial score (nSPS) is 29.6. The number of carbonyl (C=O) groups excluding carboxylic acids is 4. The van der Waals surface area contributed by atoms with E-state index in [1.54, 1.807) is 19.1 Å². The highest BCUT2D eigenvalue weighted by atomic mass is 35.5. The molecule has 0 unspecified atom stereocenters. The number of nitrogens with zero attached hydrogens (tertiary/aromatic N) is 3. The Morgan fingerprint density at radius 1 is 0.941 bits per heavy atom. The molecule has 1 saturated carbocycles. The molecule has 3 aromatic rings. The second kappa shape index (κ2) is 12.6. The molecule has 3 saturated heterocycles. The van der Waals surface area contributed by atoms with Crippen LogP contribution in [0.5, 0.6) is 11.5 Å². The van der Waals surface area contributed by atoms with Crippen LogP contribution in [0.1, 0.15) is 49.7 Å². The van der Waals surface area contributed by atoms with E-state index in [0.717, 1.165) is 36.2 Å². The standard InChI is InChI=1S/C40H39ClFN3O6/c1-40-28(37(48)45(39(40)50)24-11-14-30(42)29(41)19-24)20-27-25(35(40)34-31(46)9-6-10-32(34)51-2)12-13-26-33(27)38(49)44(36(26)47)23-15-17-43(18-16-23)21-22-7-4-3-5-8-22/h3-12,14,19,23,26-28,33,35,46H,13,15-18,20-21H2,1-2H3/t26-,27+,28-,33-,35+,40+/m0/s1. The van der Waals surface area contributed by atoms with Crippen LogP contribution in [0.4, 0.5) is 10.1 Å². The molecule has 11 heteroatoms. The maximum absolute atomic E-state index is 14.7. The SMILES string of the molecule is COc1cccc(O)c1[C@H]1C2=CC[C@@H]3C(=O)N(C4CCN(Cc5ccccc5)CC4)C(=O)[C@@H]3[C@@H]2C[C@H]2C(=O)N(c3ccc(F)c(Cl)c3)C(=O)[C@@]12C. The molecule has 3 aromatic carbocycles. The third-order valence-corrected chi connectivity index (χ3v) is 12.5. The predicted molar refractivity (Wildman–Crippen MR) is 187 cm³/mol. The molecule has 8 rings (SSSR count). The highest BCUT2D eigenvalue weighted by Crippen LogP contribution is 2.65. The number of halogens is 2. The number of benzene rings is 3. The zero-order chi connectivity index (χ0) is 35.8. The summed E-state index contributed by atoms with van der Waals surface area (Å²) in [5, 5.41) is 11.2. The lowest BCUT2D eigenvalue weighted by Crippen LogP contribution is -2.49. The van der Waals surface area contributed by atoms with Crippen molar-refractivity contribution in [1.29, 1.82) is 0 Å². The number of methoxy groups -OCH3 is 1. The van der Waals surface area contributed by atoms with Crippen molar-refractivity contribution in [2.75, 3.05) is 25.1 Å². The molecule has 5 aliphatic rings. The van der Waals surface area contributed by atoms with Gasteiger partial charge in [-0.1, -0.05) is 59.6 Å². The Bertz CT molecular complexity index is 1980. The average molecular weight is 712 g/mol. The Labute approximate surface area is 300 Å². The summed E-state index contributed by atoms with van der Waals surface area (Å²) in [4.78, 5) is 62.7. The summed E-state index contributed by atoms with van der Waals surface area (Å²) in [5.41, 5.74) is 1.05. The van der Waals surface area contributed by atoms with Gasteiger partial charge in [-0.25, -0.2) is 9.29 Å². The van der Waals surface area contributed by atoms with Gasteiger partial charge in [0.1, 0.15) is 17.3 Å². The molecule has 1 N–H and O–H groups in total. The smallest absolute Gasteiger partial charge is 0.241 e. The van der Waals surface area contributed by atoms with E-state index < -0.39 is 52.6 Å². The number of hydrogen-bond donors (Lipinski definition) is 1. The largest absolute Gasteiger partial charge is 0.508 e. The Morgan fingerprint density at radius 2 is 1.69 bits per heavy atom. The van der Waals surface area contributed by atoms with Crippen LogP contribution in [0.2, 0.25) is 5.02 Å². The van der Waals surface area contributed by atoms with E-state index in [0.29, 0.717) is 30.6 Å². The second-order valence-corrected chi connectivity index (χ2v) is 15.1. The molecular weight excluding hydrogens is 673 g/mol. The summed E-state index contributed by atoms with van der Waals surface area (Å²) in [6.45, 7) is 4.05. The van der Waals surface area contributed by atoms with E-state index in [2.05, 4.69) is 17.0 Å². The number of piperidine rings is 1. The first kappa shape index (κ1) is 33.6. The van der Waals surface area contributed by atoms with Crippen LogP contribution < -0.4 is 9.64 Å². The van der Waals surface area contributed by atoms with Crippen LogP contribution in [-0.4, -0.2) is 64.8 Å². The van der Waals surface area contributed by atoms with Crippen molar-refractivity contribution in [3.05, 3.63) is 100 Å². The summed E-state index contributed by atoms with van der Waals surface area (Å²) in [6.07, 6.45) is 3.77. The number of fused-ring (bicyclic) bond motifs is 4. The number of ether oxygens (including phenoxy) is 1. The molecule has 4 fully saturated rings. The van der Waals surface area contributed by atoms with Gasteiger partial charge in [0.25, 0.3) is 0 Å². The number of anilines is 1. The second-order valence-electron chi connectivity index (χ2n) is 14.7. The van der Waals surface area contributed by atoms with Crippen LogP contribution in [0.25, 0.3) is 0 Å². The number of imide groups is 2. The summed E-state index contributed by atoms with van der Waals surface area (Å²) in [7, 11) is 1.47. The zero-order valence-corrected chi connectivity index (χ0v) is 29.2. The fourth-order valence-electron chi connectivity index (χ4n) is 9.76. The van der Waals surface area contributed by atoms with Gasteiger partial charge in [0, 0.05) is 37.2 Å². The van der Waals surface area contributed by atoms with Gasteiger partial charge in [0.05, 0.1) is 41.0 Å². The van der Waals surface area contributed by atoms with E-state index in [1.807, 2.05) is 24.3 Å². The van der Waals surface area contributed by atoms with Crippen molar-refractivity contribution in [3.63, 3.8) is 0 Å². The van der Waals surface area contributed by atoms with Crippen molar-refractivity contribution in [2.45, 2.75) is 51.1 Å². The van der Waals surface area contributed by atoms with Gasteiger partial charge in [0.2, 0.25) is 23.6 Å². The minimum atomic E-state index is -1.41. The molecule has 0 aromatic heterocycles. The van der Waals surface area contributed by atoms with Crippen LogP contribution in [0.15, 0.2) is 78.4 Å². The topological polar surface area (TPSA) is 107 Å². The molecule has 9 nitrogen and oxygen atoms in total. The maximum Gasteiger partial charge on any atom is 0.241 e. The highest BCUT2D eigenvalue weighted by Gasteiger charge is 2.68. The van der Waals surface area contributed by atoms with Crippen LogP contribution in [0, 0.1) is 34.9 Å². The molecule has 6 atom stereocenters. The number of aromatic hydroxyl groups is 1. The van der Waals surface area contributed by atoms with Crippen LogP contribution >= 0.6 is 11.6 Å². The number of allylic oxidation sites excluding steroid dienone is 2. The van der Waals surface area contributed by atoms with Gasteiger partial charge in [-0.15, -0.1) is 0 Å². The van der Waals surface area contributed by atoms with E-state index >= 15 is 0 Å². The van der Waals surface area contributed by atoms with Crippen molar-refractivity contribution < 1.29 is 33.4 Å². The average Bonchev–Trinajstić information content (AvgIpc) is 3.50. The van der Waals surface area contributed by atoms with Gasteiger partial charge < -0.3 is 9.84 Å². The van der Waals surface area contributed by atoms with Crippen molar-refractivity contribution in [2.24, 2.45) is 29.1 Å². The van der Waals surface area contributed by atoms with Gasteiger partial charge in [-0.3, -0.25) is 29.0 Å². The number of phenols is 1. The number of rotatable bonds is 6. The van der Waals surface area contributed by atoms with Gasteiger partial charge >= 0.3 is 0 Å². The molecule has 0 bridgehead atoms. The molecule has 264 valence electrons. The maximum atomic E-state index is 14.7. The van der Waals surface area contributed by atoms with Crippen LogP contribution in [0.3, 0.4) is 0 Å². The van der Waals surface area contributed by atoms with E-state index in [-0.39, 0.29) is 40.7 Å². The minimum Gasteiger partial charge on any atom is -0.508 e. The lowest BCUT2D eigenvalue weighted by Gasteiger charge is -2.49. The van der Waals surface area contributed by atoms with Crippen LogP contribution in [-0.2, 0) is 25.7 Å². The third-order valence-electron chi connectivity index (χ3n) is 12.2. The summed E-state index contributed by atoms with van der Waals surface area (Å²) < 4.78 is 19.9. The van der Waals surface area contributed by atoms with E-state index in [9.17, 15) is 28.7 Å². The van der Waals surface area contributed by atoms with Crippen molar-refractivity contribution in [3.8, 4) is 11.5 Å². The summed E-state index contributed by atoms with van der Waals surface area (Å²) in [5.74, 6) is -5.46. The first-order chi connectivity index (χ1) is 24.5. The Morgan fingerprint density at radius 3 is 2.39 bits per heavy atom. The third kappa shape index (κ3) is 5.12. The van der Waals surface area contributed by atoms with Gasteiger partial charge in [-0.05, 0) is 74.4 Å². The number of hydrogen-bond acceptors (Lipinski definition) is 7. The fraction of sp³-hybridized carbons (Fsp3) is 0.400. The lowest BCUT2D eigenvalue weighted by molar-refractivity contribution is -0.144. The van der Waals surface area contributed by atoms with E-state index in [4.69, 9.17) is 16.3 Å². The number of phenolic OH excluding ortho intramolecular Hbond substituents is 1. The number of amides is 4. The molecule has 0 radical (unpaired) electrons. The number of likely N-dealkylation sites (tertiary alicyclic amines) is 2. The van der Waals surface area contributed by atoms with Crippen molar-refractivity contribution >= 4 is 40.9 Å². The monoisotopic (exact) mass is 711 g/mol. The fourth-order valence-corrected chi connectivity index (χ4v) is 9.93. The zero-order valence-electron chi connectivity index (χ0n) is 28.4. The molecule has 4 amide bonds. The first-order valence-electron chi connectivity index (χ1n) is 17.6. The Kier molecular flexibility index (Phi) is 8.30. The Hall–Kier alpha value is -4.54. The van der Waals surface area contributed by atoms with Gasteiger partial charge in [-0.2, -0.15) is 0 Å². The quantitative estimate of drug-likeness (QED) is 0.244. The van der Waals surface area contributed by atoms with E-state index in [1.165, 1.54) is 35.8 Å². The first-order valence-corrected chi connectivity index (χ1v) is 17.9. The molecule has 2 aliphatic carbocycles. The molecule has 3 aliphatic heterocycles. The lowest BCUT2D eigenvalue weighted by atomic mass is 9.51. The molecule has 51 heavy (non-hydrogen) atoms. The van der Waals surface area contributed by atoms with Gasteiger partial charge in [0.15, 0.2) is 0 Å². The Balaban J connectivity index is 1.15. The predicted octanol–water partition coefficient (Wildman–Crippen LogP) is 6.09. The summed E-state index contributed by atoms with van der Waals surface area (Å²) in [6, 6.07) is 18.6. The summed E-state index contributed by atoms with van der Waals surface area (Å²) >= 11 is 6.11. The highest BCUT2D eigenvalue weighted by molar-refractivity contribution is 6.31. The van der Waals surface area contributed by atoms with Crippen molar-refractivity contribution in [1.82, 2.24) is 9.80 Å².